The number of H-pyrrole nitrogens is 1. The third-order valence-electron chi connectivity index (χ3n) is 3.69. The van der Waals surface area contributed by atoms with E-state index in [2.05, 4.69) is 10.3 Å². The largest absolute Gasteiger partial charge is 0.481 e. The van der Waals surface area contributed by atoms with E-state index in [0.717, 1.165) is 22.2 Å². The molecule has 0 aliphatic heterocycles. The summed E-state index contributed by atoms with van der Waals surface area (Å²) in [4.78, 5) is 25.9. The quantitative estimate of drug-likeness (QED) is 0.715. The zero-order valence-electron chi connectivity index (χ0n) is 12.3. The van der Waals surface area contributed by atoms with Gasteiger partial charge in [0.25, 0.3) is 5.91 Å². The summed E-state index contributed by atoms with van der Waals surface area (Å²) >= 11 is 0. The van der Waals surface area contributed by atoms with Crippen molar-refractivity contribution in [1.29, 1.82) is 0 Å². The number of aromatic nitrogens is 1. The van der Waals surface area contributed by atoms with Gasteiger partial charge in [-0.2, -0.15) is 0 Å². The molecular weight excluding hydrogens is 268 g/mol. The van der Waals surface area contributed by atoms with Gasteiger partial charge in [-0.15, -0.1) is 0 Å². The molecule has 5 nitrogen and oxygen atoms in total. The summed E-state index contributed by atoms with van der Waals surface area (Å²) in [5, 5.41) is 12.5. The topological polar surface area (TPSA) is 82.2 Å². The number of aliphatic carboxylic acids is 1. The summed E-state index contributed by atoms with van der Waals surface area (Å²) in [5.74, 6) is -0.930. The number of para-hydroxylation sites is 1. The van der Waals surface area contributed by atoms with Gasteiger partial charge in [0.2, 0.25) is 0 Å². The molecule has 112 valence electrons. The lowest BCUT2D eigenvalue weighted by Crippen LogP contribution is -2.24. The molecule has 1 aromatic heterocycles. The first-order chi connectivity index (χ1) is 10.0. The van der Waals surface area contributed by atoms with Crippen LogP contribution in [0.4, 0.5) is 0 Å². The number of hydrogen-bond acceptors (Lipinski definition) is 2. The molecule has 2 rings (SSSR count). The fourth-order valence-electron chi connectivity index (χ4n) is 2.37. The number of aromatic amines is 1. The average molecular weight is 288 g/mol. The predicted molar refractivity (Wildman–Crippen MR) is 81.6 cm³/mol. The first-order valence-corrected chi connectivity index (χ1v) is 7.08. The van der Waals surface area contributed by atoms with Gasteiger partial charge in [0, 0.05) is 24.0 Å². The van der Waals surface area contributed by atoms with Crippen molar-refractivity contribution >= 4 is 22.8 Å². The maximum atomic E-state index is 12.2. The number of unbranched alkanes of at least 4 members (excludes halogenated alkanes) is 1. The van der Waals surface area contributed by atoms with Crippen molar-refractivity contribution < 1.29 is 14.7 Å². The molecule has 3 N–H and O–H groups in total. The van der Waals surface area contributed by atoms with Crippen LogP contribution >= 0.6 is 0 Å². The van der Waals surface area contributed by atoms with Crippen LogP contribution in [-0.4, -0.2) is 28.5 Å². The van der Waals surface area contributed by atoms with Crippen molar-refractivity contribution in [3.63, 3.8) is 0 Å². The Hall–Kier alpha value is -2.30. The summed E-state index contributed by atoms with van der Waals surface area (Å²) in [6.45, 7) is 4.51. The Labute approximate surface area is 123 Å². The summed E-state index contributed by atoms with van der Waals surface area (Å²) < 4.78 is 0. The van der Waals surface area contributed by atoms with Gasteiger partial charge < -0.3 is 15.4 Å². The molecule has 0 fully saturated rings. The Kier molecular flexibility index (Phi) is 4.62. The van der Waals surface area contributed by atoms with E-state index in [1.54, 1.807) is 6.07 Å². The monoisotopic (exact) mass is 288 g/mol. The van der Waals surface area contributed by atoms with Crippen LogP contribution in [-0.2, 0) is 4.79 Å². The fraction of sp³-hybridized carbons (Fsp3) is 0.375. The van der Waals surface area contributed by atoms with Crippen molar-refractivity contribution in [2.24, 2.45) is 0 Å². The van der Waals surface area contributed by atoms with Crippen molar-refractivity contribution in [3.05, 3.63) is 35.0 Å². The van der Waals surface area contributed by atoms with Gasteiger partial charge in [-0.1, -0.05) is 12.1 Å². The second-order valence-corrected chi connectivity index (χ2v) is 5.21. The molecule has 1 aromatic carbocycles. The summed E-state index contributed by atoms with van der Waals surface area (Å²) in [7, 11) is 0. The van der Waals surface area contributed by atoms with Crippen molar-refractivity contribution in [3.8, 4) is 0 Å². The van der Waals surface area contributed by atoms with E-state index in [1.165, 1.54) is 0 Å². The van der Waals surface area contributed by atoms with Crippen LogP contribution in [0.3, 0.4) is 0 Å². The average Bonchev–Trinajstić information content (AvgIpc) is 2.73. The maximum Gasteiger partial charge on any atom is 0.303 e. The van der Waals surface area contributed by atoms with E-state index in [-0.39, 0.29) is 12.3 Å². The Morgan fingerprint density at radius 3 is 2.71 bits per heavy atom. The molecule has 0 spiro atoms. The number of aryl methyl sites for hydroxylation is 2. The Bertz CT molecular complexity index is 673. The fourth-order valence-corrected chi connectivity index (χ4v) is 2.37. The van der Waals surface area contributed by atoms with E-state index in [0.29, 0.717) is 24.9 Å². The number of hydrogen-bond donors (Lipinski definition) is 3. The van der Waals surface area contributed by atoms with Crippen LogP contribution < -0.4 is 5.32 Å². The third kappa shape index (κ3) is 3.42. The first kappa shape index (κ1) is 15.1. The summed E-state index contributed by atoms with van der Waals surface area (Å²) in [6, 6.07) is 5.67. The molecule has 0 unspecified atom stereocenters. The molecule has 0 aliphatic carbocycles. The number of nitrogens with one attached hydrogen (secondary N) is 2. The normalized spacial score (nSPS) is 10.8. The molecular formula is C16H20N2O3. The minimum atomic E-state index is -0.802. The Morgan fingerprint density at radius 1 is 1.24 bits per heavy atom. The second-order valence-electron chi connectivity index (χ2n) is 5.21. The zero-order chi connectivity index (χ0) is 15.4. The van der Waals surface area contributed by atoms with Crippen LogP contribution in [0, 0.1) is 13.8 Å². The summed E-state index contributed by atoms with van der Waals surface area (Å²) in [6.07, 6.45) is 1.37. The number of fused-ring (bicyclic) bond motifs is 1. The SMILES string of the molecule is Cc1[nH]c2c(C(=O)NCCCCC(=O)O)cccc2c1C. The van der Waals surface area contributed by atoms with Crippen molar-refractivity contribution in [1.82, 2.24) is 10.3 Å². The number of amides is 1. The second kappa shape index (κ2) is 6.43. The van der Waals surface area contributed by atoms with Gasteiger partial charge in [0.15, 0.2) is 0 Å². The lowest BCUT2D eigenvalue weighted by Gasteiger charge is -2.06. The highest BCUT2D eigenvalue weighted by molar-refractivity contribution is 6.06. The van der Waals surface area contributed by atoms with Crippen LogP contribution in [0.2, 0.25) is 0 Å². The zero-order valence-corrected chi connectivity index (χ0v) is 12.3. The van der Waals surface area contributed by atoms with E-state index >= 15 is 0 Å². The minimum absolute atomic E-state index is 0.128. The number of carbonyl (C=O) groups is 2. The van der Waals surface area contributed by atoms with Gasteiger partial charge >= 0.3 is 5.97 Å². The third-order valence-corrected chi connectivity index (χ3v) is 3.69. The van der Waals surface area contributed by atoms with Gasteiger partial charge in [0.1, 0.15) is 0 Å². The Morgan fingerprint density at radius 2 is 2.00 bits per heavy atom. The lowest BCUT2D eigenvalue weighted by atomic mass is 10.1. The van der Waals surface area contributed by atoms with E-state index in [1.807, 2.05) is 26.0 Å². The number of benzene rings is 1. The highest BCUT2D eigenvalue weighted by Crippen LogP contribution is 2.24. The maximum absolute atomic E-state index is 12.2. The molecule has 0 saturated heterocycles. The van der Waals surface area contributed by atoms with Crippen LogP contribution in [0.25, 0.3) is 10.9 Å². The van der Waals surface area contributed by atoms with Gasteiger partial charge in [0.05, 0.1) is 11.1 Å². The molecule has 1 amide bonds. The molecule has 0 atom stereocenters. The lowest BCUT2D eigenvalue weighted by molar-refractivity contribution is -0.137. The molecule has 0 saturated carbocycles. The molecule has 1 heterocycles. The highest BCUT2D eigenvalue weighted by atomic mass is 16.4. The molecule has 0 aliphatic rings. The molecule has 0 bridgehead atoms. The smallest absolute Gasteiger partial charge is 0.303 e. The number of carboxylic acids is 1. The number of rotatable bonds is 6. The summed E-state index contributed by atoms with van der Waals surface area (Å²) in [5.41, 5.74) is 3.70. The van der Waals surface area contributed by atoms with Crippen LogP contribution in [0.5, 0.6) is 0 Å². The first-order valence-electron chi connectivity index (χ1n) is 7.08. The standard InChI is InChI=1S/C16H20N2O3/c1-10-11(2)18-15-12(10)6-5-7-13(15)16(21)17-9-4-3-8-14(19)20/h5-7,18H,3-4,8-9H2,1-2H3,(H,17,21)(H,19,20). The molecule has 0 radical (unpaired) electrons. The van der Waals surface area contributed by atoms with Crippen molar-refractivity contribution in [2.75, 3.05) is 6.54 Å². The van der Waals surface area contributed by atoms with E-state index in [9.17, 15) is 9.59 Å². The number of carbonyl (C=O) groups excluding carboxylic acids is 1. The van der Waals surface area contributed by atoms with Crippen LogP contribution in [0.1, 0.15) is 40.9 Å². The predicted octanol–water partition coefficient (Wildman–Crippen LogP) is 2.77. The molecule has 5 heteroatoms. The Balaban J connectivity index is 2.03. The highest BCUT2D eigenvalue weighted by Gasteiger charge is 2.13. The minimum Gasteiger partial charge on any atom is -0.481 e. The molecule has 21 heavy (non-hydrogen) atoms. The van der Waals surface area contributed by atoms with Gasteiger partial charge in [-0.05, 0) is 38.3 Å². The van der Waals surface area contributed by atoms with Gasteiger partial charge in [-0.25, -0.2) is 0 Å². The van der Waals surface area contributed by atoms with Crippen LogP contribution in [0.15, 0.2) is 18.2 Å². The molecule has 2 aromatic rings. The number of carboxylic acid groups (broad SMARTS) is 1. The van der Waals surface area contributed by atoms with Gasteiger partial charge in [-0.3, -0.25) is 9.59 Å². The van der Waals surface area contributed by atoms with E-state index in [4.69, 9.17) is 5.11 Å². The van der Waals surface area contributed by atoms with Crippen molar-refractivity contribution in [2.45, 2.75) is 33.1 Å². The van der Waals surface area contributed by atoms with E-state index < -0.39 is 5.97 Å².